The predicted molar refractivity (Wildman–Crippen MR) is 82.5 cm³/mol. The number of aryl methyl sites for hydroxylation is 1. The molecule has 0 amide bonds. The minimum atomic E-state index is -3.76. The van der Waals surface area contributed by atoms with E-state index in [0.29, 0.717) is 5.75 Å². The lowest BCUT2D eigenvalue weighted by molar-refractivity contribution is 0.402. The van der Waals surface area contributed by atoms with Crippen LogP contribution in [0.15, 0.2) is 23.1 Å². The van der Waals surface area contributed by atoms with Gasteiger partial charge >= 0.3 is 0 Å². The Morgan fingerprint density at radius 3 is 2.57 bits per heavy atom. The lowest BCUT2D eigenvalue weighted by atomic mass is 10.2. The summed E-state index contributed by atoms with van der Waals surface area (Å²) in [6.07, 6.45) is 0. The van der Waals surface area contributed by atoms with Crippen LogP contribution in [0.5, 0.6) is 5.75 Å². The molecule has 0 aliphatic rings. The van der Waals surface area contributed by atoms with Crippen LogP contribution in [0.25, 0.3) is 0 Å². The second-order valence-corrected chi connectivity index (χ2v) is 7.52. The molecule has 0 saturated heterocycles. The van der Waals surface area contributed by atoms with E-state index in [2.05, 4.69) is 14.9 Å². The maximum atomic E-state index is 12.5. The summed E-state index contributed by atoms with van der Waals surface area (Å²) in [4.78, 5) is 0.0892. The first-order valence-corrected chi connectivity index (χ1v) is 8.64. The second-order valence-electron chi connectivity index (χ2n) is 4.86. The molecule has 0 fully saturated rings. The van der Waals surface area contributed by atoms with Crippen molar-refractivity contribution in [2.24, 2.45) is 0 Å². The third-order valence-electron chi connectivity index (χ3n) is 2.76. The molecule has 1 N–H and O–H groups in total. The molecule has 0 spiro atoms. The Hall–Kier alpha value is -1.67. The molecule has 1 aromatic heterocycles. The Morgan fingerprint density at radius 1 is 1.29 bits per heavy atom. The Bertz CT molecular complexity index is 739. The fraction of sp³-hybridized carbons (Fsp3) is 0.385. The number of hydrogen-bond donors (Lipinski definition) is 1. The number of nitrogens with zero attached hydrogens (tertiary/aromatic N) is 2. The summed E-state index contributed by atoms with van der Waals surface area (Å²) >= 11 is 1.23. The van der Waals surface area contributed by atoms with E-state index < -0.39 is 10.0 Å². The van der Waals surface area contributed by atoms with Crippen LogP contribution in [0.1, 0.15) is 30.3 Å². The van der Waals surface area contributed by atoms with Crippen molar-refractivity contribution in [3.8, 4) is 5.75 Å². The average molecular weight is 327 g/mol. The van der Waals surface area contributed by atoms with Gasteiger partial charge in [-0.1, -0.05) is 31.3 Å². The van der Waals surface area contributed by atoms with Gasteiger partial charge in [-0.25, -0.2) is 8.42 Å². The van der Waals surface area contributed by atoms with Crippen molar-refractivity contribution in [2.75, 3.05) is 11.8 Å². The van der Waals surface area contributed by atoms with Gasteiger partial charge in [0, 0.05) is 5.92 Å². The second kappa shape index (κ2) is 5.98. The van der Waals surface area contributed by atoms with Crippen molar-refractivity contribution in [3.63, 3.8) is 0 Å². The van der Waals surface area contributed by atoms with E-state index >= 15 is 0 Å². The number of rotatable bonds is 5. The topological polar surface area (TPSA) is 81.2 Å². The first kappa shape index (κ1) is 15.7. The van der Waals surface area contributed by atoms with E-state index in [1.165, 1.54) is 18.4 Å². The molecule has 2 rings (SSSR count). The first-order chi connectivity index (χ1) is 9.83. The molecule has 0 aliphatic carbocycles. The molecule has 0 bridgehead atoms. The highest BCUT2D eigenvalue weighted by molar-refractivity contribution is 7.93. The van der Waals surface area contributed by atoms with E-state index in [4.69, 9.17) is 4.74 Å². The molecule has 1 heterocycles. The van der Waals surface area contributed by atoms with Crippen LogP contribution >= 0.6 is 11.3 Å². The number of methoxy groups -OCH3 is 1. The van der Waals surface area contributed by atoms with Crippen molar-refractivity contribution in [1.82, 2.24) is 10.2 Å². The largest absolute Gasteiger partial charge is 0.495 e. The van der Waals surface area contributed by atoms with Gasteiger partial charge in [-0.3, -0.25) is 4.72 Å². The Balaban J connectivity index is 2.35. The third-order valence-corrected chi connectivity index (χ3v) is 5.39. The maximum Gasteiger partial charge on any atom is 0.267 e. The van der Waals surface area contributed by atoms with Gasteiger partial charge in [0.1, 0.15) is 15.7 Å². The number of ether oxygens (including phenoxy) is 1. The Labute approximate surface area is 128 Å². The van der Waals surface area contributed by atoms with Crippen molar-refractivity contribution < 1.29 is 13.2 Å². The van der Waals surface area contributed by atoms with Gasteiger partial charge < -0.3 is 4.74 Å². The summed E-state index contributed by atoms with van der Waals surface area (Å²) in [6, 6.07) is 4.98. The van der Waals surface area contributed by atoms with E-state index in [1.54, 1.807) is 18.2 Å². The maximum absolute atomic E-state index is 12.5. The summed E-state index contributed by atoms with van der Waals surface area (Å²) in [5, 5.41) is 8.86. The number of benzene rings is 1. The third kappa shape index (κ3) is 3.51. The zero-order valence-corrected chi connectivity index (χ0v) is 13.9. The normalized spacial score (nSPS) is 11.7. The quantitative estimate of drug-likeness (QED) is 0.913. The molecular weight excluding hydrogens is 310 g/mol. The molecule has 2 aromatic rings. The molecule has 1 aromatic carbocycles. The van der Waals surface area contributed by atoms with Crippen LogP contribution in [-0.4, -0.2) is 25.7 Å². The van der Waals surface area contributed by atoms with Crippen LogP contribution in [0.2, 0.25) is 0 Å². The summed E-state index contributed by atoms with van der Waals surface area (Å²) in [7, 11) is -2.32. The zero-order chi connectivity index (χ0) is 15.6. The number of hydrogen-bond acceptors (Lipinski definition) is 6. The van der Waals surface area contributed by atoms with Crippen LogP contribution in [-0.2, 0) is 10.0 Å². The number of aromatic nitrogens is 2. The highest BCUT2D eigenvalue weighted by atomic mass is 32.2. The molecule has 114 valence electrons. The molecule has 0 atom stereocenters. The van der Waals surface area contributed by atoms with Gasteiger partial charge in [0.25, 0.3) is 10.0 Å². The highest BCUT2D eigenvalue weighted by Crippen LogP contribution is 2.29. The van der Waals surface area contributed by atoms with Crippen LogP contribution in [0.3, 0.4) is 0 Å². The molecule has 0 aliphatic heterocycles. The predicted octanol–water partition coefficient (Wildman–Crippen LogP) is 2.78. The smallest absolute Gasteiger partial charge is 0.267 e. The van der Waals surface area contributed by atoms with Crippen molar-refractivity contribution in [3.05, 3.63) is 28.8 Å². The van der Waals surface area contributed by atoms with Crippen LogP contribution < -0.4 is 9.46 Å². The fourth-order valence-electron chi connectivity index (χ4n) is 1.67. The number of sulfonamides is 1. The fourth-order valence-corrected chi connectivity index (χ4v) is 3.90. The minimum absolute atomic E-state index is 0.0892. The van der Waals surface area contributed by atoms with Crippen LogP contribution in [0.4, 0.5) is 5.13 Å². The molecule has 0 radical (unpaired) electrons. The summed E-state index contributed by atoms with van der Waals surface area (Å²) in [5.41, 5.74) is 0.830. The van der Waals surface area contributed by atoms with Gasteiger partial charge in [-0.05, 0) is 24.6 Å². The molecular formula is C13H17N3O3S2. The molecule has 6 nitrogen and oxygen atoms in total. The van der Waals surface area contributed by atoms with E-state index in [1.807, 2.05) is 20.8 Å². The Kier molecular flexibility index (Phi) is 4.48. The standard InChI is InChI=1S/C13H17N3O3S2/c1-8(2)12-14-15-13(20-12)16-21(17,18)11-7-9(3)5-6-10(11)19-4/h5-8H,1-4H3,(H,15,16). The zero-order valence-electron chi connectivity index (χ0n) is 12.2. The van der Waals surface area contributed by atoms with Crippen LogP contribution in [0, 0.1) is 6.92 Å². The van der Waals surface area contributed by atoms with Gasteiger partial charge in [-0.15, -0.1) is 10.2 Å². The van der Waals surface area contributed by atoms with Crippen molar-refractivity contribution >= 4 is 26.5 Å². The highest BCUT2D eigenvalue weighted by Gasteiger charge is 2.22. The van der Waals surface area contributed by atoms with Gasteiger partial charge in [0.15, 0.2) is 0 Å². The first-order valence-electron chi connectivity index (χ1n) is 6.34. The van der Waals surface area contributed by atoms with Gasteiger partial charge in [0.2, 0.25) is 5.13 Å². The minimum Gasteiger partial charge on any atom is -0.495 e. The van der Waals surface area contributed by atoms with E-state index in [9.17, 15) is 8.42 Å². The number of nitrogens with one attached hydrogen (secondary N) is 1. The van der Waals surface area contributed by atoms with Crippen molar-refractivity contribution in [1.29, 1.82) is 0 Å². The molecule has 8 heteroatoms. The summed E-state index contributed by atoms with van der Waals surface area (Å²) < 4.78 is 32.5. The monoisotopic (exact) mass is 327 g/mol. The van der Waals surface area contributed by atoms with E-state index in [-0.39, 0.29) is 15.9 Å². The molecule has 21 heavy (non-hydrogen) atoms. The van der Waals surface area contributed by atoms with Gasteiger partial charge in [-0.2, -0.15) is 0 Å². The average Bonchev–Trinajstić information content (AvgIpc) is 2.86. The summed E-state index contributed by atoms with van der Waals surface area (Å²) in [5.74, 6) is 0.496. The Morgan fingerprint density at radius 2 is 2.00 bits per heavy atom. The van der Waals surface area contributed by atoms with Gasteiger partial charge in [0.05, 0.1) is 7.11 Å². The lowest BCUT2D eigenvalue weighted by Crippen LogP contribution is -2.14. The van der Waals surface area contributed by atoms with E-state index in [0.717, 1.165) is 10.6 Å². The summed E-state index contributed by atoms with van der Waals surface area (Å²) in [6.45, 7) is 5.77. The number of anilines is 1. The lowest BCUT2D eigenvalue weighted by Gasteiger charge is -2.10. The molecule has 0 unspecified atom stereocenters. The SMILES string of the molecule is COc1ccc(C)cc1S(=O)(=O)Nc1nnc(C(C)C)s1. The van der Waals surface area contributed by atoms with Crippen molar-refractivity contribution in [2.45, 2.75) is 31.6 Å². The molecule has 0 saturated carbocycles.